The molecule has 0 fully saturated rings. The number of nitrogens with one attached hydrogen (secondary N) is 1. The number of Topliss-reactive ketones (excluding diaryl/α,β-unsaturated/α-hetero) is 1. The number of carbonyl (C=O) groups excluding carboxylic acids is 2. The van der Waals surface area contributed by atoms with E-state index in [-0.39, 0.29) is 24.1 Å². The normalized spacial score (nSPS) is 10.7. The van der Waals surface area contributed by atoms with Crippen LogP contribution in [0.1, 0.15) is 19.8 Å². The van der Waals surface area contributed by atoms with E-state index in [9.17, 15) is 9.59 Å². The maximum atomic E-state index is 13.9. The Labute approximate surface area is 201 Å². The van der Waals surface area contributed by atoms with Crippen molar-refractivity contribution < 1.29 is 19.0 Å². The van der Waals surface area contributed by atoms with Gasteiger partial charge in [0.05, 0.1) is 6.61 Å². The average molecular weight is 473 g/mol. The van der Waals surface area contributed by atoms with Crippen LogP contribution in [0.25, 0.3) is 0 Å². The molecule has 174 valence electrons. The van der Waals surface area contributed by atoms with Crippen LogP contribution in [0.4, 0.5) is 0 Å². The summed E-state index contributed by atoms with van der Waals surface area (Å²) in [5.74, 6) is -0.772. The van der Waals surface area contributed by atoms with Crippen LogP contribution in [0, 0.1) is 5.41 Å². The molecule has 0 saturated heterocycles. The second-order valence-electron chi connectivity index (χ2n) is 7.62. The third-order valence-corrected chi connectivity index (χ3v) is 9.82. The fourth-order valence-electron chi connectivity index (χ4n) is 4.07. The Balaban J connectivity index is 2.37. The summed E-state index contributed by atoms with van der Waals surface area (Å²) in [7, 11) is 0.363. The molecule has 3 aromatic carbocycles. The van der Waals surface area contributed by atoms with Gasteiger partial charge in [-0.1, -0.05) is 91.0 Å². The lowest BCUT2D eigenvalue weighted by atomic mass is 9.91. The zero-order valence-corrected chi connectivity index (χ0v) is 20.2. The molecule has 3 aromatic rings. The minimum atomic E-state index is -2.84. The number of esters is 1. The lowest BCUT2D eigenvalue weighted by molar-refractivity contribution is -0.135. The largest absolute Gasteiger partial charge is 0.557 e. The molecule has 7 heteroatoms. The van der Waals surface area contributed by atoms with Gasteiger partial charge in [-0.15, -0.1) is 0 Å². The van der Waals surface area contributed by atoms with E-state index in [4.69, 9.17) is 14.8 Å². The molecule has 0 aliphatic heterocycles. The molecular weight excluding hydrogens is 444 g/mol. The minimum absolute atomic E-state index is 0.182. The maximum absolute atomic E-state index is 13.9. The molecule has 0 spiro atoms. The van der Waals surface area contributed by atoms with Crippen LogP contribution in [-0.4, -0.2) is 37.5 Å². The summed E-state index contributed by atoms with van der Waals surface area (Å²) in [6, 6.07) is 29.4. The number of hydrogen-bond donors (Lipinski definition) is 1. The Morgan fingerprint density at radius 1 is 0.853 bits per heavy atom. The number of benzene rings is 3. The smallest absolute Gasteiger partial charge is 0.342 e. The molecule has 0 atom stereocenters. The van der Waals surface area contributed by atoms with E-state index in [0.29, 0.717) is 20.2 Å². The molecule has 0 saturated carbocycles. The first-order chi connectivity index (χ1) is 16.7. The van der Waals surface area contributed by atoms with Gasteiger partial charge in [-0.3, -0.25) is 10.2 Å². The summed E-state index contributed by atoms with van der Waals surface area (Å²) in [6.45, 7) is -0.908. The summed E-state index contributed by atoms with van der Waals surface area (Å²) in [5, 5.41) is 9.98. The van der Waals surface area contributed by atoms with Crippen molar-refractivity contribution in [2.75, 3.05) is 6.61 Å². The Bertz CT molecular complexity index is 1050. The zero-order valence-electron chi connectivity index (χ0n) is 19.4. The molecule has 0 bridgehead atoms. The van der Waals surface area contributed by atoms with Crippen molar-refractivity contribution in [3.8, 4) is 0 Å². The van der Waals surface area contributed by atoms with Gasteiger partial charge in [0.1, 0.15) is 11.7 Å². The summed E-state index contributed by atoms with van der Waals surface area (Å²) in [5.41, 5.74) is 0. The second-order valence-corrected chi connectivity index (χ2v) is 11.0. The predicted octanol–water partition coefficient (Wildman–Crippen LogP) is 3.46. The number of ether oxygens (including phenoxy) is 1. The molecule has 0 aliphatic carbocycles. The Hall–Kier alpha value is -3.37. The first-order valence-electron chi connectivity index (χ1n) is 11.4. The summed E-state index contributed by atoms with van der Waals surface area (Å²) in [4.78, 5) is 27.4. The second kappa shape index (κ2) is 12.8. The number of carbonyl (C=O) groups is 2. The van der Waals surface area contributed by atoms with Crippen molar-refractivity contribution >= 4 is 53.7 Å². The van der Waals surface area contributed by atoms with Gasteiger partial charge in [-0.05, 0) is 42.5 Å². The molecule has 0 aliphatic rings. The first-order valence-corrected chi connectivity index (χ1v) is 13.2. The fourth-order valence-corrected chi connectivity index (χ4v) is 8.43. The molecule has 1 N–H and O–H groups in total. The summed E-state index contributed by atoms with van der Waals surface area (Å²) >= 11 is 0. The molecule has 0 radical (unpaired) electrons. The predicted molar refractivity (Wildman–Crippen MR) is 143 cm³/mol. The third-order valence-electron chi connectivity index (χ3n) is 5.50. The van der Waals surface area contributed by atoms with Gasteiger partial charge in [0.2, 0.25) is 0 Å². The molecule has 34 heavy (non-hydrogen) atoms. The topological polar surface area (TPSA) is 76.5 Å². The quantitative estimate of drug-likeness (QED) is 0.0832. The third kappa shape index (κ3) is 5.57. The van der Waals surface area contributed by atoms with Crippen LogP contribution in [-0.2, 0) is 19.0 Å². The van der Waals surface area contributed by atoms with Crippen molar-refractivity contribution in [2.45, 2.75) is 26.1 Å². The van der Waals surface area contributed by atoms with Gasteiger partial charge in [-0.25, -0.2) is 4.79 Å². The monoisotopic (exact) mass is 473 g/mol. The van der Waals surface area contributed by atoms with Crippen LogP contribution in [0.5, 0.6) is 0 Å². The van der Waals surface area contributed by atoms with Gasteiger partial charge in [0, 0.05) is 6.42 Å². The van der Waals surface area contributed by atoms with Crippen molar-refractivity contribution in [1.29, 1.82) is 5.41 Å². The SMILES string of the molecule is CCOC(=O)C(C(=O)CCCBOC=N)=P(c1ccccc1)(c1ccccc1)c1ccccc1. The highest BCUT2D eigenvalue weighted by molar-refractivity contribution is 7.97. The van der Waals surface area contributed by atoms with E-state index in [0.717, 1.165) is 22.3 Å². The molecule has 0 aromatic heterocycles. The summed E-state index contributed by atoms with van der Waals surface area (Å²) < 4.78 is 10.5. The number of ketones is 1. The Morgan fingerprint density at radius 2 is 1.32 bits per heavy atom. The maximum Gasteiger partial charge on any atom is 0.342 e. The van der Waals surface area contributed by atoms with Crippen molar-refractivity contribution in [3.05, 3.63) is 91.0 Å². The zero-order chi connectivity index (χ0) is 24.2. The van der Waals surface area contributed by atoms with Crippen molar-refractivity contribution in [1.82, 2.24) is 0 Å². The molecule has 0 unspecified atom stereocenters. The average Bonchev–Trinajstić information content (AvgIpc) is 2.88. The van der Waals surface area contributed by atoms with Gasteiger partial charge >= 0.3 is 13.5 Å². The molecule has 3 rings (SSSR count). The van der Waals surface area contributed by atoms with Gasteiger partial charge in [0.15, 0.2) is 5.78 Å². The molecule has 0 heterocycles. The van der Waals surface area contributed by atoms with E-state index < -0.39 is 12.9 Å². The lowest BCUT2D eigenvalue weighted by Gasteiger charge is -2.31. The van der Waals surface area contributed by atoms with E-state index in [2.05, 4.69) is 0 Å². The van der Waals surface area contributed by atoms with E-state index in [1.54, 1.807) is 6.92 Å². The molecule has 0 amide bonds. The van der Waals surface area contributed by atoms with Crippen molar-refractivity contribution in [3.63, 3.8) is 0 Å². The number of rotatable bonds is 12. The van der Waals surface area contributed by atoms with E-state index in [1.165, 1.54) is 0 Å². The van der Waals surface area contributed by atoms with Crippen LogP contribution in [0.2, 0.25) is 6.32 Å². The van der Waals surface area contributed by atoms with Crippen molar-refractivity contribution in [2.24, 2.45) is 0 Å². The molecular formula is C27H29BNO4P. The van der Waals surface area contributed by atoms with Gasteiger partial charge < -0.3 is 9.39 Å². The summed E-state index contributed by atoms with van der Waals surface area (Å²) in [6.07, 6.45) is 2.26. The minimum Gasteiger partial charge on any atom is -0.557 e. The fraction of sp³-hybridized carbons (Fsp3) is 0.185. The Kier molecular flexibility index (Phi) is 9.48. The first kappa shape index (κ1) is 25.3. The Morgan fingerprint density at radius 3 is 1.74 bits per heavy atom. The highest BCUT2D eigenvalue weighted by Gasteiger charge is 2.37. The van der Waals surface area contributed by atoms with Gasteiger partial charge in [-0.2, -0.15) is 0 Å². The molecule has 5 nitrogen and oxygen atoms in total. The van der Waals surface area contributed by atoms with Gasteiger partial charge in [0.25, 0.3) is 0 Å². The van der Waals surface area contributed by atoms with Crippen LogP contribution in [0.15, 0.2) is 91.0 Å². The highest BCUT2D eigenvalue weighted by Crippen LogP contribution is 2.46. The number of hydrogen-bond acceptors (Lipinski definition) is 5. The lowest BCUT2D eigenvalue weighted by Crippen LogP contribution is -2.38. The highest BCUT2D eigenvalue weighted by atomic mass is 31.2. The van der Waals surface area contributed by atoms with E-state index in [1.807, 2.05) is 91.0 Å². The van der Waals surface area contributed by atoms with Crippen LogP contribution < -0.4 is 15.9 Å². The van der Waals surface area contributed by atoms with E-state index >= 15 is 0 Å². The van der Waals surface area contributed by atoms with Crippen LogP contribution >= 0.6 is 6.89 Å². The standard InChI is InChI=1S/C27H29BNO4P/c1-2-32-27(31)26(25(30)19-12-20-28-33-21-29)34(22-13-6-3-7-14-22,23-15-8-4-9-16-23)24-17-10-5-11-18-24/h3-11,13-18,21,28-29H,2,12,19-20H2,1H3. The van der Waals surface area contributed by atoms with Crippen LogP contribution in [0.3, 0.4) is 0 Å².